The second-order valence-corrected chi connectivity index (χ2v) is 13.8. The molecule has 94 valence electrons. The molecule has 0 spiro atoms. The molecule has 16 heavy (non-hydrogen) atoms. The molecule has 1 heterocycles. The molecule has 0 radical (unpaired) electrons. The van der Waals surface area contributed by atoms with Gasteiger partial charge in [0, 0.05) is 8.07 Å². The molecule has 1 atom stereocenters. The predicted octanol–water partition coefficient (Wildman–Crippen LogP) is 4.15. The van der Waals surface area contributed by atoms with E-state index in [0.29, 0.717) is 0 Å². The molecule has 0 amide bonds. The maximum atomic E-state index is 5.80. The zero-order valence-corrected chi connectivity index (χ0v) is 15.7. The van der Waals surface area contributed by atoms with Crippen molar-refractivity contribution in [2.24, 2.45) is 0 Å². The third-order valence-corrected chi connectivity index (χ3v) is 6.20. The Labute approximate surface area is 123 Å². The van der Waals surface area contributed by atoms with E-state index >= 15 is 0 Å². The molecule has 1 N–H and O–H groups in total. The molecule has 1 rings (SSSR count). The molecule has 0 aliphatic carbocycles. The van der Waals surface area contributed by atoms with Gasteiger partial charge in [-0.25, -0.2) is 5.06 Å². The van der Waals surface area contributed by atoms with Crippen LogP contribution in [0.15, 0.2) is 9.21 Å². The van der Waals surface area contributed by atoms with Gasteiger partial charge in [0.05, 0.1) is 6.61 Å². The summed E-state index contributed by atoms with van der Waals surface area (Å²) in [5.74, 6) is 0. The van der Waals surface area contributed by atoms with Crippen LogP contribution >= 0.6 is 47.8 Å². The minimum Gasteiger partial charge on any atom is -0.344 e. The molecule has 1 aliphatic rings. The topological polar surface area (TPSA) is 24.5 Å². The van der Waals surface area contributed by atoms with Crippen molar-refractivity contribution in [2.45, 2.75) is 37.2 Å². The van der Waals surface area contributed by atoms with Crippen LogP contribution in [0.4, 0.5) is 0 Å². The Hall–Kier alpha value is 0.957. The number of nitrogens with one attached hydrogen (secondary N) is 1. The van der Waals surface area contributed by atoms with Gasteiger partial charge in [0.25, 0.3) is 0 Å². The van der Waals surface area contributed by atoms with Gasteiger partial charge >= 0.3 is 0 Å². The fraction of sp³-hybridized carbons (Fsp3) is 0.778. The zero-order chi connectivity index (χ0) is 12.6. The number of nitrogens with zero attached hydrogens (tertiary/aromatic N) is 1. The number of hydrogen-bond acceptors (Lipinski definition) is 3. The predicted molar refractivity (Wildman–Crippen MR) is 81.3 cm³/mol. The van der Waals surface area contributed by atoms with E-state index in [2.05, 4.69) is 72.7 Å². The van der Waals surface area contributed by atoms with Gasteiger partial charge in [-0.15, -0.1) is 0 Å². The third kappa shape index (κ3) is 4.01. The Morgan fingerprint density at radius 3 is 2.31 bits per heavy atom. The van der Waals surface area contributed by atoms with E-state index in [0.717, 1.165) is 21.9 Å². The van der Waals surface area contributed by atoms with Crippen LogP contribution in [-0.2, 0) is 4.84 Å². The molecule has 0 aromatic heterocycles. The zero-order valence-electron chi connectivity index (χ0n) is 9.90. The summed E-state index contributed by atoms with van der Waals surface area (Å²) in [6, 6.07) is 1.14. The lowest BCUT2D eigenvalue weighted by molar-refractivity contribution is -0.147. The minimum atomic E-state index is -1.04. The van der Waals surface area contributed by atoms with Crippen molar-refractivity contribution in [3.05, 3.63) is 9.21 Å². The number of hydroxylamine groups is 2. The second-order valence-electron chi connectivity index (χ2n) is 5.12. The summed E-state index contributed by atoms with van der Waals surface area (Å²) in [5.41, 5.74) is 0. The highest BCUT2D eigenvalue weighted by Crippen LogP contribution is 2.38. The lowest BCUT2D eigenvalue weighted by atomic mass is 10.6. The fourth-order valence-corrected chi connectivity index (χ4v) is 3.99. The van der Waals surface area contributed by atoms with Gasteiger partial charge in [-0.1, -0.05) is 19.6 Å². The first-order valence-corrected chi connectivity index (χ1v) is 11.2. The van der Waals surface area contributed by atoms with Gasteiger partial charge in [-0.2, -0.15) is 0 Å². The van der Waals surface area contributed by atoms with E-state index in [1.54, 1.807) is 5.06 Å². The van der Waals surface area contributed by atoms with E-state index in [9.17, 15) is 0 Å². The fourth-order valence-electron chi connectivity index (χ4n) is 1.20. The van der Waals surface area contributed by atoms with Crippen molar-refractivity contribution in [1.29, 1.82) is 0 Å². The van der Waals surface area contributed by atoms with Crippen molar-refractivity contribution >= 4 is 55.9 Å². The number of halogens is 3. The van der Waals surface area contributed by atoms with Crippen LogP contribution in [0, 0.1) is 0 Å². The molecule has 0 saturated carbocycles. The summed E-state index contributed by atoms with van der Waals surface area (Å²) in [4.78, 5) is 5.80. The Balaban J connectivity index is 2.53. The average Bonchev–Trinajstić information content (AvgIpc) is 2.25. The van der Waals surface area contributed by atoms with E-state index in [1.165, 1.54) is 0 Å². The molecule has 0 aromatic rings. The van der Waals surface area contributed by atoms with Crippen LogP contribution in [0.25, 0.3) is 0 Å². The van der Waals surface area contributed by atoms with E-state index < -0.39 is 12.6 Å². The maximum Gasteiger partial charge on any atom is 0.190 e. The molecule has 1 aliphatic heterocycles. The van der Waals surface area contributed by atoms with Gasteiger partial charge in [0.15, 0.2) is 4.57 Å². The van der Waals surface area contributed by atoms with Crippen molar-refractivity contribution in [3.63, 3.8) is 0 Å². The summed E-state index contributed by atoms with van der Waals surface area (Å²) in [5, 5.41) is 5.02. The largest absolute Gasteiger partial charge is 0.344 e. The highest BCUT2D eigenvalue weighted by Gasteiger charge is 2.39. The van der Waals surface area contributed by atoms with Gasteiger partial charge in [0.2, 0.25) is 0 Å². The van der Waals surface area contributed by atoms with Gasteiger partial charge < -0.3 is 5.32 Å². The third-order valence-electron chi connectivity index (χ3n) is 2.15. The van der Waals surface area contributed by atoms with Crippen LogP contribution < -0.4 is 5.32 Å². The van der Waals surface area contributed by atoms with Crippen LogP contribution in [0.1, 0.15) is 6.92 Å². The summed E-state index contributed by atoms with van der Waals surface area (Å²) in [6.07, 6.45) is 0. The first kappa shape index (κ1) is 15.0. The normalized spacial score (nSPS) is 26.3. The average molecular weight is 437 g/mol. The Kier molecular flexibility index (Phi) is 4.97. The molecule has 1 unspecified atom stereocenters. The van der Waals surface area contributed by atoms with Crippen molar-refractivity contribution in [1.82, 2.24) is 10.4 Å². The SMILES string of the molecule is CC1(Br)NC(Br)=C(Br)N1OCC[Si](C)(C)C. The lowest BCUT2D eigenvalue weighted by Gasteiger charge is -2.31. The Bertz CT molecular complexity index is 302. The molecular formula is C9H17Br3N2OSi. The van der Waals surface area contributed by atoms with Crippen LogP contribution in [-0.4, -0.2) is 24.3 Å². The van der Waals surface area contributed by atoms with Gasteiger partial charge in [0.1, 0.15) is 9.21 Å². The Morgan fingerprint density at radius 2 is 1.94 bits per heavy atom. The van der Waals surface area contributed by atoms with Crippen LogP contribution in [0.2, 0.25) is 25.7 Å². The van der Waals surface area contributed by atoms with Crippen LogP contribution in [0.3, 0.4) is 0 Å². The minimum absolute atomic E-state index is 0.399. The van der Waals surface area contributed by atoms with Crippen molar-refractivity contribution in [2.75, 3.05) is 6.61 Å². The molecule has 0 aromatic carbocycles. The number of hydrogen-bond donors (Lipinski definition) is 1. The maximum absolute atomic E-state index is 5.80. The van der Waals surface area contributed by atoms with Gasteiger partial charge in [-0.3, -0.25) is 4.84 Å². The first-order valence-electron chi connectivity index (χ1n) is 5.09. The van der Waals surface area contributed by atoms with E-state index in [-0.39, 0.29) is 0 Å². The number of alkyl halides is 1. The first-order chi connectivity index (χ1) is 7.13. The van der Waals surface area contributed by atoms with Crippen molar-refractivity contribution < 1.29 is 4.84 Å². The van der Waals surface area contributed by atoms with Crippen molar-refractivity contribution in [3.8, 4) is 0 Å². The molecule has 0 fully saturated rings. The summed E-state index contributed by atoms with van der Waals surface area (Å²) < 4.78 is 1.37. The standard InChI is InChI=1S/C9H17Br3N2OSi/c1-9(12)13-7(10)8(11)14(9)15-5-6-16(2,3)4/h13H,5-6H2,1-4H3. The molecule has 0 saturated heterocycles. The number of rotatable bonds is 4. The Morgan fingerprint density at radius 1 is 1.38 bits per heavy atom. The summed E-state index contributed by atoms with van der Waals surface area (Å²) in [7, 11) is -1.04. The summed E-state index contributed by atoms with van der Waals surface area (Å²) in [6.45, 7) is 9.76. The molecular weight excluding hydrogens is 420 g/mol. The molecule has 7 heteroatoms. The monoisotopic (exact) mass is 434 g/mol. The highest BCUT2D eigenvalue weighted by atomic mass is 79.9. The summed E-state index contributed by atoms with van der Waals surface area (Å²) >= 11 is 10.5. The highest BCUT2D eigenvalue weighted by molar-refractivity contribution is 9.14. The second kappa shape index (κ2) is 5.30. The smallest absolute Gasteiger partial charge is 0.190 e. The lowest BCUT2D eigenvalue weighted by Crippen LogP contribution is -2.44. The molecule has 3 nitrogen and oxygen atoms in total. The van der Waals surface area contributed by atoms with E-state index in [4.69, 9.17) is 4.84 Å². The van der Waals surface area contributed by atoms with E-state index in [1.807, 2.05) is 6.92 Å². The quantitative estimate of drug-likeness (QED) is 0.407. The van der Waals surface area contributed by atoms with Gasteiger partial charge in [-0.05, 0) is 60.8 Å². The molecule has 0 bridgehead atoms. The van der Waals surface area contributed by atoms with Crippen LogP contribution in [0.5, 0.6) is 0 Å².